The molecule has 0 aliphatic carbocycles. The number of benzene rings is 2. The lowest BCUT2D eigenvalue weighted by Crippen LogP contribution is -2.38. The highest BCUT2D eigenvalue weighted by molar-refractivity contribution is 9.10. The molecule has 0 bridgehead atoms. The number of fused-ring (bicyclic) bond motifs is 2. The molecule has 0 saturated carbocycles. The van der Waals surface area contributed by atoms with E-state index in [9.17, 15) is 9.59 Å². The van der Waals surface area contributed by atoms with E-state index in [1.165, 1.54) is 4.57 Å². The fourth-order valence-corrected chi connectivity index (χ4v) is 3.81. The topological polar surface area (TPSA) is 56.9 Å². The highest BCUT2D eigenvalue weighted by Crippen LogP contribution is 2.32. The van der Waals surface area contributed by atoms with Crippen LogP contribution in [0.3, 0.4) is 0 Å². The van der Waals surface area contributed by atoms with Crippen LogP contribution in [0.1, 0.15) is 19.8 Å². The van der Waals surface area contributed by atoms with Gasteiger partial charge in [0.25, 0.3) is 5.56 Å². The summed E-state index contributed by atoms with van der Waals surface area (Å²) >= 11 is 9.87. The van der Waals surface area contributed by atoms with E-state index >= 15 is 0 Å². The summed E-state index contributed by atoms with van der Waals surface area (Å²) in [6.45, 7) is 2.37. The molecular formula is C21H17BrClN3O2. The molecule has 7 heteroatoms. The van der Waals surface area contributed by atoms with Crippen molar-refractivity contribution in [3.05, 3.63) is 78.9 Å². The fraction of sp³-hybridized carbons (Fsp3) is 0.190. The maximum atomic E-state index is 13.1. The van der Waals surface area contributed by atoms with Gasteiger partial charge < -0.3 is 0 Å². The van der Waals surface area contributed by atoms with E-state index in [0.717, 1.165) is 33.9 Å². The average molecular weight is 459 g/mol. The standard InChI is InChI=1S/C21H17BrClN3O2/c1-2-3-11-25-20(27)16-12-15-17(23)5-4-6-18(15)26(19(16)24-21(25)28)14-9-7-13(22)8-10-14/h4-10,12H,2-3,11H2,1H3. The molecule has 0 amide bonds. The third-order valence-electron chi connectivity index (χ3n) is 4.74. The van der Waals surface area contributed by atoms with Crippen LogP contribution in [-0.4, -0.2) is 14.1 Å². The molecule has 2 aromatic rings. The summed E-state index contributed by atoms with van der Waals surface area (Å²) in [4.78, 5) is 30.0. The first-order valence-corrected chi connectivity index (χ1v) is 10.2. The molecule has 0 saturated heterocycles. The minimum Gasteiger partial charge on any atom is -0.294 e. The molecule has 2 heterocycles. The Kier molecular flexibility index (Phi) is 5.08. The van der Waals surface area contributed by atoms with Gasteiger partial charge >= 0.3 is 5.69 Å². The summed E-state index contributed by atoms with van der Waals surface area (Å²) in [6.07, 6.45) is 1.62. The van der Waals surface area contributed by atoms with Crippen molar-refractivity contribution in [3.8, 4) is 17.1 Å². The van der Waals surface area contributed by atoms with Crippen molar-refractivity contribution in [1.82, 2.24) is 14.1 Å². The summed E-state index contributed by atoms with van der Waals surface area (Å²) < 4.78 is 3.95. The van der Waals surface area contributed by atoms with Gasteiger partial charge in [-0.1, -0.05) is 46.9 Å². The Morgan fingerprint density at radius 1 is 1.11 bits per heavy atom. The number of halogens is 2. The Morgan fingerprint density at radius 2 is 1.86 bits per heavy atom. The number of pyridine rings is 1. The Bertz CT molecular complexity index is 1260. The maximum Gasteiger partial charge on any atom is 0.352 e. The van der Waals surface area contributed by atoms with Gasteiger partial charge in [-0.05, 0) is 48.9 Å². The molecular weight excluding hydrogens is 442 g/mol. The molecule has 0 aromatic heterocycles. The zero-order valence-electron chi connectivity index (χ0n) is 15.2. The lowest BCUT2D eigenvalue weighted by atomic mass is 10.1. The number of hydrogen-bond acceptors (Lipinski definition) is 3. The van der Waals surface area contributed by atoms with E-state index in [0.29, 0.717) is 23.0 Å². The maximum absolute atomic E-state index is 13.1. The van der Waals surface area contributed by atoms with Crippen LogP contribution in [0.5, 0.6) is 0 Å². The molecule has 4 rings (SSSR count). The molecule has 2 aliphatic rings. The lowest BCUT2D eigenvalue weighted by molar-refractivity contribution is 0.582. The molecule has 0 fully saturated rings. The van der Waals surface area contributed by atoms with Gasteiger partial charge in [0, 0.05) is 27.1 Å². The number of hydrogen-bond donors (Lipinski definition) is 0. The van der Waals surface area contributed by atoms with Gasteiger partial charge in [0.1, 0.15) is 0 Å². The number of aromatic nitrogens is 3. The van der Waals surface area contributed by atoms with Crippen LogP contribution in [0.4, 0.5) is 0 Å². The highest BCUT2D eigenvalue weighted by Gasteiger charge is 2.21. The molecule has 5 nitrogen and oxygen atoms in total. The van der Waals surface area contributed by atoms with Crippen LogP contribution in [-0.2, 0) is 6.54 Å². The van der Waals surface area contributed by atoms with Gasteiger partial charge in [-0.3, -0.25) is 13.9 Å². The van der Waals surface area contributed by atoms with Crippen molar-refractivity contribution in [3.63, 3.8) is 0 Å². The van der Waals surface area contributed by atoms with E-state index in [2.05, 4.69) is 20.9 Å². The van der Waals surface area contributed by atoms with Gasteiger partial charge in [0.15, 0.2) is 5.82 Å². The van der Waals surface area contributed by atoms with E-state index in [1.807, 2.05) is 47.9 Å². The highest BCUT2D eigenvalue weighted by atomic mass is 79.9. The second-order valence-electron chi connectivity index (χ2n) is 6.57. The smallest absolute Gasteiger partial charge is 0.294 e. The van der Waals surface area contributed by atoms with Gasteiger partial charge in [-0.25, -0.2) is 4.79 Å². The van der Waals surface area contributed by atoms with E-state index < -0.39 is 5.69 Å². The normalized spacial score (nSPS) is 11.4. The first-order chi connectivity index (χ1) is 13.5. The molecule has 0 unspecified atom stereocenters. The number of nitrogens with zero attached hydrogens (tertiary/aromatic N) is 3. The van der Waals surface area contributed by atoms with Crippen molar-refractivity contribution in [1.29, 1.82) is 0 Å². The molecule has 0 atom stereocenters. The predicted molar refractivity (Wildman–Crippen MR) is 116 cm³/mol. The van der Waals surface area contributed by atoms with Gasteiger partial charge in [0.2, 0.25) is 0 Å². The Hall–Kier alpha value is -2.44. The van der Waals surface area contributed by atoms with Crippen LogP contribution < -0.4 is 11.2 Å². The van der Waals surface area contributed by atoms with Gasteiger partial charge in [-0.2, -0.15) is 4.98 Å². The third kappa shape index (κ3) is 3.16. The summed E-state index contributed by atoms with van der Waals surface area (Å²) in [7, 11) is 0. The zero-order valence-corrected chi connectivity index (χ0v) is 17.5. The summed E-state index contributed by atoms with van der Waals surface area (Å²) in [6, 6.07) is 14.9. The molecule has 0 radical (unpaired) electrons. The molecule has 0 N–H and O–H groups in total. The van der Waals surface area contributed by atoms with Crippen LogP contribution in [0.25, 0.3) is 28.0 Å². The van der Waals surface area contributed by atoms with Crippen LogP contribution in [0.15, 0.2) is 62.6 Å². The summed E-state index contributed by atoms with van der Waals surface area (Å²) in [5.41, 5.74) is 1.08. The second kappa shape index (κ2) is 7.53. The van der Waals surface area contributed by atoms with Crippen LogP contribution in [0.2, 0.25) is 5.02 Å². The van der Waals surface area contributed by atoms with Crippen molar-refractivity contribution >= 4 is 38.4 Å². The van der Waals surface area contributed by atoms with Crippen molar-refractivity contribution in [2.24, 2.45) is 0 Å². The summed E-state index contributed by atoms with van der Waals surface area (Å²) in [5, 5.41) is 1.27. The zero-order chi connectivity index (χ0) is 19.8. The average Bonchev–Trinajstić information content (AvgIpc) is 2.68. The summed E-state index contributed by atoms with van der Waals surface area (Å²) in [5.74, 6) is 0.333. The van der Waals surface area contributed by atoms with Crippen molar-refractivity contribution < 1.29 is 0 Å². The molecule has 28 heavy (non-hydrogen) atoms. The number of unbranched alkanes of at least 4 members (excludes halogenated alkanes) is 1. The van der Waals surface area contributed by atoms with Gasteiger partial charge in [-0.15, -0.1) is 0 Å². The molecule has 2 aliphatic heterocycles. The molecule has 2 aromatic carbocycles. The minimum absolute atomic E-state index is 0.333. The molecule has 0 spiro atoms. The third-order valence-corrected chi connectivity index (χ3v) is 5.60. The lowest BCUT2D eigenvalue weighted by Gasteiger charge is -2.19. The fourth-order valence-electron chi connectivity index (χ4n) is 3.32. The largest absolute Gasteiger partial charge is 0.352 e. The Labute approximate surface area is 174 Å². The van der Waals surface area contributed by atoms with E-state index in [-0.39, 0.29) is 5.56 Å². The van der Waals surface area contributed by atoms with E-state index in [4.69, 9.17) is 11.6 Å². The van der Waals surface area contributed by atoms with Gasteiger partial charge in [0.05, 0.1) is 11.1 Å². The number of rotatable bonds is 4. The predicted octanol–water partition coefficient (Wildman–Crippen LogP) is 4.87. The quantitative estimate of drug-likeness (QED) is 0.410. The Morgan fingerprint density at radius 3 is 2.57 bits per heavy atom. The molecule has 142 valence electrons. The second-order valence-corrected chi connectivity index (χ2v) is 7.89. The van der Waals surface area contributed by atoms with Crippen LogP contribution >= 0.6 is 27.5 Å². The van der Waals surface area contributed by atoms with Crippen molar-refractivity contribution in [2.45, 2.75) is 26.3 Å². The van der Waals surface area contributed by atoms with Crippen LogP contribution in [0, 0.1) is 0 Å². The van der Waals surface area contributed by atoms with Crippen molar-refractivity contribution in [2.75, 3.05) is 0 Å². The van der Waals surface area contributed by atoms with E-state index in [1.54, 1.807) is 12.1 Å². The minimum atomic E-state index is -0.529. The first-order valence-electron chi connectivity index (χ1n) is 9.02. The Balaban J connectivity index is 2.15. The monoisotopic (exact) mass is 457 g/mol. The SMILES string of the molecule is CCCCn1c(=O)nc2n(-c3ccc(Br)cc3)c3cccc(Cl)c3cc-2c1=O. The first kappa shape index (κ1) is 18.9.